The maximum Gasteiger partial charge on any atom is 0.331 e. The van der Waals surface area contributed by atoms with E-state index in [9.17, 15) is 9.59 Å². The molecule has 1 aliphatic heterocycles. The molecule has 0 aliphatic carbocycles. The number of methoxy groups -OCH3 is 1. The van der Waals surface area contributed by atoms with Crippen LogP contribution in [0.2, 0.25) is 0 Å². The molecule has 5 nitrogen and oxygen atoms in total. The highest BCUT2D eigenvalue weighted by Crippen LogP contribution is 2.22. The van der Waals surface area contributed by atoms with Crippen molar-refractivity contribution in [1.82, 2.24) is 4.90 Å². The molecular weight excluding hydrogens is 292 g/mol. The molecule has 1 aliphatic rings. The van der Waals surface area contributed by atoms with E-state index >= 15 is 0 Å². The maximum atomic E-state index is 12.7. The zero-order chi connectivity index (χ0) is 16.2. The zero-order valence-electron chi connectivity index (χ0n) is 12.9. The zero-order valence-corrected chi connectivity index (χ0v) is 12.9. The van der Waals surface area contributed by atoms with Crippen molar-refractivity contribution in [3.05, 3.63) is 60.2 Å². The lowest BCUT2D eigenvalue weighted by atomic mass is 10.1. The first-order chi connectivity index (χ1) is 11.2. The Bertz CT molecular complexity index is 698. The summed E-state index contributed by atoms with van der Waals surface area (Å²) in [7, 11) is 1.60. The normalized spacial score (nSPS) is 15.0. The Morgan fingerprint density at radius 3 is 2.35 bits per heavy atom. The molecule has 3 rings (SSSR count). The number of hydrogen-bond donors (Lipinski definition) is 0. The Labute approximate surface area is 135 Å². The molecule has 0 saturated carbocycles. The fourth-order valence-corrected chi connectivity index (χ4v) is 2.61. The van der Waals surface area contributed by atoms with E-state index in [2.05, 4.69) is 0 Å². The summed E-state index contributed by atoms with van der Waals surface area (Å²) >= 11 is 0. The number of amides is 3. The third kappa shape index (κ3) is 3.18. The molecule has 2 aromatic carbocycles. The van der Waals surface area contributed by atoms with Gasteiger partial charge in [-0.05, 0) is 29.8 Å². The van der Waals surface area contributed by atoms with Gasteiger partial charge in [0.1, 0.15) is 5.75 Å². The second-order valence-corrected chi connectivity index (χ2v) is 5.35. The highest BCUT2D eigenvalue weighted by Gasteiger charge is 2.32. The fourth-order valence-electron chi connectivity index (χ4n) is 2.61. The van der Waals surface area contributed by atoms with Crippen LogP contribution < -0.4 is 9.64 Å². The van der Waals surface area contributed by atoms with E-state index < -0.39 is 0 Å². The van der Waals surface area contributed by atoms with E-state index in [-0.39, 0.29) is 18.5 Å². The highest BCUT2D eigenvalue weighted by molar-refractivity contribution is 6.05. The minimum atomic E-state index is -0.275. The Balaban J connectivity index is 1.79. The van der Waals surface area contributed by atoms with Gasteiger partial charge in [-0.15, -0.1) is 0 Å². The lowest BCUT2D eigenvalue weighted by Crippen LogP contribution is -2.52. The van der Waals surface area contributed by atoms with Crippen LogP contribution in [0, 0.1) is 0 Å². The Morgan fingerprint density at radius 1 is 1.00 bits per heavy atom. The average Bonchev–Trinajstić information content (AvgIpc) is 2.60. The standard InChI is InChI=1S/C18H18N2O3/c1-23-16-9-7-14(8-10-16)13-20-17(21)11-12-19(18(20)22)15-5-3-2-4-6-15/h2-10H,11-13H2,1H3. The average molecular weight is 310 g/mol. The van der Waals surface area contributed by atoms with Crippen LogP contribution in [0.5, 0.6) is 5.75 Å². The predicted octanol–water partition coefficient (Wildman–Crippen LogP) is 3.05. The molecule has 0 radical (unpaired) electrons. The Morgan fingerprint density at radius 2 is 1.70 bits per heavy atom. The number of anilines is 1. The molecule has 0 aromatic heterocycles. The lowest BCUT2D eigenvalue weighted by Gasteiger charge is -2.34. The predicted molar refractivity (Wildman–Crippen MR) is 87.3 cm³/mol. The molecule has 0 spiro atoms. The molecule has 0 N–H and O–H groups in total. The number of para-hydroxylation sites is 1. The highest BCUT2D eigenvalue weighted by atomic mass is 16.5. The number of hydrogen-bond acceptors (Lipinski definition) is 3. The van der Waals surface area contributed by atoms with Gasteiger partial charge in [-0.2, -0.15) is 0 Å². The van der Waals surface area contributed by atoms with Gasteiger partial charge >= 0.3 is 6.03 Å². The SMILES string of the molecule is COc1ccc(CN2C(=O)CCN(c3ccccc3)C2=O)cc1. The number of rotatable bonds is 4. The Kier molecular flexibility index (Phi) is 4.28. The summed E-state index contributed by atoms with van der Waals surface area (Å²) in [5, 5.41) is 0. The lowest BCUT2D eigenvalue weighted by molar-refractivity contribution is -0.129. The van der Waals surface area contributed by atoms with Gasteiger partial charge in [0.25, 0.3) is 0 Å². The molecule has 1 fully saturated rings. The molecule has 3 amide bonds. The van der Waals surface area contributed by atoms with Crippen LogP contribution in [-0.2, 0) is 11.3 Å². The van der Waals surface area contributed by atoms with Crippen molar-refractivity contribution in [2.45, 2.75) is 13.0 Å². The van der Waals surface area contributed by atoms with Gasteiger partial charge in [0.05, 0.1) is 13.7 Å². The van der Waals surface area contributed by atoms with Crippen LogP contribution in [0.25, 0.3) is 0 Å². The van der Waals surface area contributed by atoms with E-state index in [1.54, 1.807) is 12.0 Å². The smallest absolute Gasteiger partial charge is 0.331 e. The van der Waals surface area contributed by atoms with Crippen molar-refractivity contribution in [2.75, 3.05) is 18.6 Å². The minimum absolute atomic E-state index is 0.141. The number of ether oxygens (including phenoxy) is 1. The van der Waals surface area contributed by atoms with E-state index in [0.29, 0.717) is 13.0 Å². The molecule has 118 valence electrons. The van der Waals surface area contributed by atoms with Gasteiger partial charge in [-0.1, -0.05) is 30.3 Å². The summed E-state index contributed by atoms with van der Waals surface area (Å²) in [6.07, 6.45) is 0.330. The van der Waals surface area contributed by atoms with Gasteiger partial charge in [0.2, 0.25) is 5.91 Å². The summed E-state index contributed by atoms with van der Waals surface area (Å²) < 4.78 is 5.12. The van der Waals surface area contributed by atoms with Crippen LogP contribution in [-0.4, -0.2) is 30.5 Å². The summed E-state index contributed by atoms with van der Waals surface area (Å²) in [4.78, 5) is 27.8. The van der Waals surface area contributed by atoms with E-state index in [4.69, 9.17) is 4.74 Å². The first kappa shape index (κ1) is 15.1. The second-order valence-electron chi connectivity index (χ2n) is 5.35. The van der Waals surface area contributed by atoms with E-state index in [0.717, 1.165) is 17.0 Å². The van der Waals surface area contributed by atoms with Crippen molar-refractivity contribution < 1.29 is 14.3 Å². The van der Waals surface area contributed by atoms with Crippen molar-refractivity contribution in [3.63, 3.8) is 0 Å². The van der Waals surface area contributed by atoms with Crippen LogP contribution >= 0.6 is 0 Å². The van der Waals surface area contributed by atoms with E-state index in [1.807, 2.05) is 54.6 Å². The Hall–Kier alpha value is -2.82. The number of nitrogens with zero attached hydrogens (tertiary/aromatic N) is 2. The minimum Gasteiger partial charge on any atom is -0.497 e. The van der Waals surface area contributed by atoms with Gasteiger partial charge < -0.3 is 4.74 Å². The monoisotopic (exact) mass is 310 g/mol. The fraction of sp³-hybridized carbons (Fsp3) is 0.222. The van der Waals surface area contributed by atoms with Crippen molar-refractivity contribution in [2.24, 2.45) is 0 Å². The largest absolute Gasteiger partial charge is 0.497 e. The van der Waals surface area contributed by atoms with Gasteiger partial charge in [0.15, 0.2) is 0 Å². The van der Waals surface area contributed by atoms with E-state index in [1.165, 1.54) is 4.90 Å². The van der Waals surface area contributed by atoms with Gasteiger partial charge in [0, 0.05) is 18.7 Å². The molecule has 0 bridgehead atoms. The van der Waals surface area contributed by atoms with Gasteiger partial charge in [-0.3, -0.25) is 14.6 Å². The molecule has 0 unspecified atom stereocenters. The van der Waals surface area contributed by atoms with Crippen molar-refractivity contribution in [1.29, 1.82) is 0 Å². The number of imide groups is 1. The summed E-state index contributed by atoms with van der Waals surface area (Å²) in [5.74, 6) is 0.606. The van der Waals surface area contributed by atoms with Crippen LogP contribution in [0.3, 0.4) is 0 Å². The summed E-state index contributed by atoms with van der Waals surface area (Å²) in [5.41, 5.74) is 1.70. The second kappa shape index (κ2) is 6.52. The van der Waals surface area contributed by atoms with Crippen LogP contribution in [0.15, 0.2) is 54.6 Å². The topological polar surface area (TPSA) is 49.9 Å². The van der Waals surface area contributed by atoms with Crippen LogP contribution in [0.1, 0.15) is 12.0 Å². The number of benzene rings is 2. The van der Waals surface area contributed by atoms with Crippen LogP contribution in [0.4, 0.5) is 10.5 Å². The van der Waals surface area contributed by atoms with Crippen molar-refractivity contribution in [3.8, 4) is 5.75 Å². The van der Waals surface area contributed by atoms with Crippen molar-refractivity contribution >= 4 is 17.6 Å². The number of urea groups is 1. The molecule has 1 saturated heterocycles. The molecule has 2 aromatic rings. The number of carbonyl (C=O) groups is 2. The first-order valence-corrected chi connectivity index (χ1v) is 7.49. The maximum absolute atomic E-state index is 12.7. The molecule has 23 heavy (non-hydrogen) atoms. The van der Waals surface area contributed by atoms with Gasteiger partial charge in [-0.25, -0.2) is 4.79 Å². The molecule has 1 heterocycles. The quantitative estimate of drug-likeness (QED) is 0.872. The summed E-state index contributed by atoms with van der Waals surface area (Å²) in [6, 6.07) is 16.5. The first-order valence-electron chi connectivity index (χ1n) is 7.49. The number of carbonyl (C=O) groups excluding carboxylic acids is 2. The molecule has 5 heteroatoms. The summed E-state index contributed by atoms with van der Waals surface area (Å²) in [6.45, 7) is 0.686. The third-order valence-electron chi connectivity index (χ3n) is 3.88. The molecule has 0 atom stereocenters. The molecular formula is C18H18N2O3. The third-order valence-corrected chi connectivity index (χ3v) is 3.88.